The van der Waals surface area contributed by atoms with Crippen LogP contribution in [0.25, 0.3) is 11.4 Å². The van der Waals surface area contributed by atoms with Gasteiger partial charge in [-0.1, -0.05) is 65.8 Å². The molecule has 1 aliphatic heterocycles. The van der Waals surface area contributed by atoms with Crippen molar-refractivity contribution in [2.75, 3.05) is 14.2 Å². The number of urea groups is 1. The summed E-state index contributed by atoms with van der Waals surface area (Å²) in [6, 6.07) is 24.0. The van der Waals surface area contributed by atoms with Gasteiger partial charge in [0, 0.05) is 18.4 Å². The Morgan fingerprint density at radius 2 is 1.49 bits per heavy atom. The lowest BCUT2D eigenvalue weighted by atomic mass is 9.84. The summed E-state index contributed by atoms with van der Waals surface area (Å²) < 4.78 is 16.0. The van der Waals surface area contributed by atoms with E-state index in [0.717, 1.165) is 16.0 Å². The smallest absolute Gasteiger partial charge is 0.325 e. The SMILES string of the molecule is COc1ccc(-c2noc(CN3C(=O)NC(Cc4ccccc4)(Cc4ccccc4)C3=O)n2)cc1OC. The first kappa shape index (κ1) is 24.1. The Kier molecular flexibility index (Phi) is 6.59. The minimum Gasteiger partial charge on any atom is -0.493 e. The Hall–Kier alpha value is -4.66. The maximum Gasteiger partial charge on any atom is 0.325 e. The monoisotopic (exact) mass is 498 g/mol. The zero-order valence-corrected chi connectivity index (χ0v) is 20.5. The Labute approximate surface area is 214 Å². The van der Waals surface area contributed by atoms with Gasteiger partial charge >= 0.3 is 6.03 Å². The summed E-state index contributed by atoms with van der Waals surface area (Å²) in [5.74, 6) is 1.21. The minimum absolute atomic E-state index is 0.142. The van der Waals surface area contributed by atoms with E-state index >= 15 is 0 Å². The number of nitrogens with zero attached hydrogens (tertiary/aromatic N) is 3. The van der Waals surface area contributed by atoms with Crippen molar-refractivity contribution in [3.63, 3.8) is 0 Å². The molecule has 0 saturated carbocycles. The van der Waals surface area contributed by atoms with Crippen LogP contribution in [0.1, 0.15) is 17.0 Å². The van der Waals surface area contributed by atoms with E-state index in [1.165, 1.54) is 7.11 Å². The van der Waals surface area contributed by atoms with Crippen LogP contribution in [0.3, 0.4) is 0 Å². The van der Waals surface area contributed by atoms with Gasteiger partial charge in [0.25, 0.3) is 5.91 Å². The van der Waals surface area contributed by atoms with Crippen molar-refractivity contribution in [1.82, 2.24) is 20.4 Å². The van der Waals surface area contributed by atoms with Gasteiger partial charge in [0.1, 0.15) is 12.1 Å². The van der Waals surface area contributed by atoms with Gasteiger partial charge in [-0.3, -0.25) is 9.69 Å². The second-order valence-electron chi connectivity index (χ2n) is 8.81. The number of hydrogen-bond donors (Lipinski definition) is 1. The second-order valence-corrected chi connectivity index (χ2v) is 8.81. The van der Waals surface area contributed by atoms with Gasteiger partial charge in [-0.15, -0.1) is 0 Å². The molecule has 1 N–H and O–H groups in total. The van der Waals surface area contributed by atoms with Gasteiger partial charge in [0.05, 0.1) is 14.2 Å². The highest BCUT2D eigenvalue weighted by Crippen LogP contribution is 2.32. The van der Waals surface area contributed by atoms with Crippen molar-refractivity contribution in [2.45, 2.75) is 24.9 Å². The van der Waals surface area contributed by atoms with Gasteiger partial charge < -0.3 is 19.3 Å². The summed E-state index contributed by atoms with van der Waals surface area (Å²) in [4.78, 5) is 32.4. The van der Waals surface area contributed by atoms with Crippen molar-refractivity contribution < 1.29 is 23.6 Å². The second kappa shape index (κ2) is 10.1. The maximum atomic E-state index is 13.8. The first-order valence-corrected chi connectivity index (χ1v) is 11.8. The first-order chi connectivity index (χ1) is 18.0. The highest BCUT2D eigenvalue weighted by molar-refractivity contribution is 6.07. The van der Waals surface area contributed by atoms with Crippen LogP contribution < -0.4 is 14.8 Å². The zero-order chi connectivity index (χ0) is 25.8. The van der Waals surface area contributed by atoms with Crippen molar-refractivity contribution >= 4 is 11.9 Å². The molecule has 37 heavy (non-hydrogen) atoms. The van der Waals surface area contributed by atoms with E-state index in [9.17, 15) is 9.59 Å². The summed E-state index contributed by atoms with van der Waals surface area (Å²) in [5.41, 5.74) is 1.41. The molecule has 4 aromatic rings. The molecule has 0 unspecified atom stereocenters. The van der Waals surface area contributed by atoms with Crippen molar-refractivity contribution in [2.24, 2.45) is 0 Å². The lowest BCUT2D eigenvalue weighted by Crippen LogP contribution is -2.51. The van der Waals surface area contributed by atoms with Crippen LogP contribution in [0.15, 0.2) is 83.4 Å². The van der Waals surface area contributed by atoms with Crippen molar-refractivity contribution in [3.05, 3.63) is 95.9 Å². The predicted molar refractivity (Wildman–Crippen MR) is 135 cm³/mol. The molecule has 1 fully saturated rings. The topological polar surface area (TPSA) is 107 Å². The van der Waals surface area contributed by atoms with E-state index in [-0.39, 0.29) is 18.3 Å². The van der Waals surface area contributed by atoms with Crippen LogP contribution in [0, 0.1) is 0 Å². The molecule has 188 valence electrons. The van der Waals surface area contributed by atoms with Crippen LogP contribution in [0.2, 0.25) is 0 Å². The summed E-state index contributed by atoms with van der Waals surface area (Å²) in [6.07, 6.45) is 0.703. The van der Waals surface area contributed by atoms with Crippen LogP contribution in [0.5, 0.6) is 11.5 Å². The lowest BCUT2D eigenvalue weighted by molar-refractivity contribution is -0.132. The molecule has 1 saturated heterocycles. The number of carbonyl (C=O) groups excluding carboxylic acids is 2. The molecular weight excluding hydrogens is 472 g/mol. The normalized spacial score (nSPS) is 14.5. The van der Waals surface area contributed by atoms with Gasteiger partial charge in [0.2, 0.25) is 11.7 Å². The van der Waals surface area contributed by atoms with Gasteiger partial charge in [-0.2, -0.15) is 4.98 Å². The number of carbonyl (C=O) groups is 2. The number of hydrogen-bond acceptors (Lipinski definition) is 7. The number of benzene rings is 3. The molecule has 0 aliphatic carbocycles. The number of ether oxygens (including phenoxy) is 2. The molecule has 0 spiro atoms. The molecule has 1 aromatic heterocycles. The standard InChI is InChI=1S/C28H26N4O5/c1-35-22-14-13-21(15-23(22)36-2)25-29-24(37-31-25)18-32-26(33)28(30-27(32)34,16-19-9-5-3-6-10-19)17-20-11-7-4-8-12-20/h3-15H,16-18H2,1-2H3,(H,30,34). The van der Waals surface area contributed by atoms with Crippen LogP contribution in [-0.4, -0.2) is 46.7 Å². The largest absolute Gasteiger partial charge is 0.493 e. The van der Waals surface area contributed by atoms with Gasteiger partial charge in [-0.25, -0.2) is 4.79 Å². The maximum absolute atomic E-state index is 13.8. The summed E-state index contributed by atoms with van der Waals surface area (Å²) in [7, 11) is 3.09. The molecule has 0 bridgehead atoms. The average molecular weight is 499 g/mol. The molecule has 5 rings (SSSR count). The number of nitrogens with one attached hydrogen (secondary N) is 1. The molecule has 9 heteroatoms. The Morgan fingerprint density at radius 3 is 2.08 bits per heavy atom. The molecule has 0 atom stereocenters. The minimum atomic E-state index is -1.13. The summed E-state index contributed by atoms with van der Waals surface area (Å²) in [6.45, 7) is -0.143. The molecule has 3 aromatic carbocycles. The van der Waals surface area contributed by atoms with E-state index in [1.54, 1.807) is 25.3 Å². The van der Waals surface area contributed by atoms with Gasteiger partial charge in [0.15, 0.2) is 11.5 Å². The zero-order valence-electron chi connectivity index (χ0n) is 20.5. The third-order valence-electron chi connectivity index (χ3n) is 6.35. The first-order valence-electron chi connectivity index (χ1n) is 11.8. The van der Waals surface area contributed by atoms with E-state index in [2.05, 4.69) is 15.5 Å². The Bertz CT molecular complexity index is 1360. The summed E-state index contributed by atoms with van der Waals surface area (Å²) >= 11 is 0. The van der Waals surface area contributed by atoms with Crippen LogP contribution in [-0.2, 0) is 24.2 Å². The Balaban J connectivity index is 1.40. The number of aromatic nitrogens is 2. The van der Waals surface area contributed by atoms with E-state index in [0.29, 0.717) is 35.7 Å². The molecule has 1 aliphatic rings. The number of methoxy groups -OCH3 is 2. The predicted octanol–water partition coefficient (Wildman–Crippen LogP) is 4.03. The van der Waals surface area contributed by atoms with Crippen molar-refractivity contribution in [3.8, 4) is 22.9 Å². The fraction of sp³-hybridized carbons (Fsp3) is 0.214. The molecule has 0 radical (unpaired) electrons. The highest BCUT2D eigenvalue weighted by Gasteiger charge is 2.51. The third kappa shape index (κ3) is 4.88. The Morgan fingerprint density at radius 1 is 0.865 bits per heavy atom. The van der Waals surface area contributed by atoms with E-state index < -0.39 is 11.6 Å². The van der Waals surface area contributed by atoms with Crippen LogP contribution >= 0.6 is 0 Å². The van der Waals surface area contributed by atoms with Crippen molar-refractivity contribution in [1.29, 1.82) is 0 Å². The third-order valence-corrected chi connectivity index (χ3v) is 6.35. The summed E-state index contributed by atoms with van der Waals surface area (Å²) in [5, 5.41) is 7.00. The molecular formula is C28H26N4O5. The number of amides is 3. The number of imide groups is 1. The molecule has 2 heterocycles. The highest BCUT2D eigenvalue weighted by atomic mass is 16.5. The molecule has 9 nitrogen and oxygen atoms in total. The fourth-order valence-corrected chi connectivity index (χ4v) is 4.56. The molecule has 3 amide bonds. The van der Waals surface area contributed by atoms with E-state index in [1.807, 2.05) is 60.7 Å². The average Bonchev–Trinajstić information content (AvgIpc) is 3.48. The van der Waals surface area contributed by atoms with E-state index in [4.69, 9.17) is 14.0 Å². The van der Waals surface area contributed by atoms with Crippen LogP contribution in [0.4, 0.5) is 4.79 Å². The fourth-order valence-electron chi connectivity index (χ4n) is 4.56. The van der Waals surface area contributed by atoms with Gasteiger partial charge in [-0.05, 0) is 29.3 Å². The lowest BCUT2D eigenvalue weighted by Gasteiger charge is -2.27. The quantitative estimate of drug-likeness (QED) is 0.347. The number of rotatable bonds is 9.